The first kappa shape index (κ1) is 25.5. The molecule has 1 aromatic carbocycles. The van der Waals surface area contributed by atoms with E-state index in [9.17, 15) is 17.6 Å². The van der Waals surface area contributed by atoms with Gasteiger partial charge in [-0.25, -0.2) is 14.4 Å². The molecule has 1 saturated heterocycles. The molecule has 176 valence electrons. The third-order valence-corrected chi connectivity index (χ3v) is 5.09. The monoisotopic (exact) mass is 456 g/mol. The molecule has 1 fully saturated rings. The lowest BCUT2D eigenvalue weighted by Gasteiger charge is -2.46. The molecule has 0 bridgehead atoms. The highest BCUT2D eigenvalue weighted by molar-refractivity contribution is 5.66. The Labute approximate surface area is 184 Å². The van der Waals surface area contributed by atoms with Crippen LogP contribution >= 0.6 is 0 Å². The molecule has 0 aliphatic carbocycles. The zero-order valence-corrected chi connectivity index (χ0v) is 18.6. The van der Waals surface area contributed by atoms with Gasteiger partial charge in [0, 0.05) is 34.4 Å². The van der Waals surface area contributed by atoms with E-state index < -0.39 is 17.6 Å². The lowest BCUT2D eigenvalue weighted by molar-refractivity contribution is -0.137. The van der Waals surface area contributed by atoms with Crippen molar-refractivity contribution in [2.24, 2.45) is 0 Å². The topological polar surface area (TPSA) is 87.1 Å². The van der Waals surface area contributed by atoms with E-state index in [1.165, 1.54) is 6.20 Å². The van der Waals surface area contributed by atoms with Gasteiger partial charge in [0.2, 0.25) is 5.95 Å². The van der Waals surface area contributed by atoms with Crippen LogP contribution < -0.4 is 10.6 Å². The van der Waals surface area contributed by atoms with Gasteiger partial charge in [0.15, 0.2) is 0 Å². The van der Waals surface area contributed by atoms with E-state index in [4.69, 9.17) is 9.90 Å². The summed E-state index contributed by atoms with van der Waals surface area (Å²) in [4.78, 5) is 17.1. The standard InChI is InChI=1S/C21H26F4N4.CH2O2/c1-12-16(15-7-6-13(8-17(15)22)21(23,24)25)11-26-18(27-12)28-14-9-19(2,3)29-20(4,5)10-14;2-1-3/h6-8,11,14,29H,9-10H2,1-5H3,(H,26,27,28);1H,(H,2,3). The molecule has 0 atom stereocenters. The summed E-state index contributed by atoms with van der Waals surface area (Å²) in [5, 5.41) is 13.8. The molecule has 0 saturated carbocycles. The molecule has 6 nitrogen and oxygen atoms in total. The van der Waals surface area contributed by atoms with Crippen LogP contribution in [0.1, 0.15) is 51.8 Å². The number of hydrogen-bond acceptors (Lipinski definition) is 5. The Morgan fingerprint density at radius 2 is 1.72 bits per heavy atom. The smallest absolute Gasteiger partial charge is 0.416 e. The quantitative estimate of drug-likeness (QED) is 0.444. The molecule has 2 aromatic rings. The Bertz CT molecular complexity index is 945. The van der Waals surface area contributed by atoms with Crippen LogP contribution in [0.2, 0.25) is 0 Å². The summed E-state index contributed by atoms with van der Waals surface area (Å²) < 4.78 is 52.6. The maximum Gasteiger partial charge on any atom is 0.416 e. The number of rotatable bonds is 3. The van der Waals surface area contributed by atoms with Crippen molar-refractivity contribution in [2.45, 2.75) is 70.8 Å². The van der Waals surface area contributed by atoms with Gasteiger partial charge in [0.1, 0.15) is 5.82 Å². The molecule has 32 heavy (non-hydrogen) atoms. The number of hydrogen-bond donors (Lipinski definition) is 3. The molecule has 1 aromatic heterocycles. The number of benzene rings is 1. The van der Waals surface area contributed by atoms with E-state index in [2.05, 4.69) is 48.3 Å². The molecular formula is C22H28F4N4O2. The fraction of sp³-hybridized carbons (Fsp3) is 0.500. The molecule has 0 spiro atoms. The van der Waals surface area contributed by atoms with Crippen LogP contribution in [-0.2, 0) is 11.0 Å². The van der Waals surface area contributed by atoms with E-state index in [1.54, 1.807) is 6.92 Å². The number of alkyl halides is 3. The van der Waals surface area contributed by atoms with Crippen LogP contribution in [0, 0.1) is 12.7 Å². The van der Waals surface area contributed by atoms with E-state index in [-0.39, 0.29) is 29.2 Å². The second kappa shape index (κ2) is 9.40. The molecule has 3 N–H and O–H groups in total. The number of nitrogens with zero attached hydrogens (tertiary/aromatic N) is 2. The van der Waals surface area contributed by atoms with Crippen LogP contribution in [0.25, 0.3) is 11.1 Å². The number of piperidine rings is 1. The largest absolute Gasteiger partial charge is 0.483 e. The maximum atomic E-state index is 14.3. The summed E-state index contributed by atoms with van der Waals surface area (Å²) in [6, 6.07) is 2.65. The SMILES string of the molecule is Cc1nc(NC2CC(C)(C)NC(C)(C)C2)ncc1-c1ccc(C(F)(F)F)cc1F.O=CO. The van der Waals surface area contributed by atoms with Gasteiger partial charge in [-0.15, -0.1) is 0 Å². The molecule has 0 radical (unpaired) electrons. The highest BCUT2D eigenvalue weighted by Crippen LogP contribution is 2.34. The van der Waals surface area contributed by atoms with Crippen molar-refractivity contribution in [3.63, 3.8) is 0 Å². The zero-order valence-electron chi connectivity index (χ0n) is 18.6. The van der Waals surface area contributed by atoms with Gasteiger partial charge in [0.05, 0.1) is 11.3 Å². The first-order chi connectivity index (χ1) is 14.7. The van der Waals surface area contributed by atoms with Gasteiger partial charge in [-0.1, -0.05) is 6.07 Å². The summed E-state index contributed by atoms with van der Waals surface area (Å²) in [5.41, 5.74) is -0.200. The fourth-order valence-electron chi connectivity index (χ4n) is 4.32. The van der Waals surface area contributed by atoms with Gasteiger partial charge in [-0.05, 0) is 59.6 Å². The van der Waals surface area contributed by atoms with Crippen molar-refractivity contribution in [3.8, 4) is 11.1 Å². The van der Waals surface area contributed by atoms with Crippen LogP contribution in [0.3, 0.4) is 0 Å². The second-order valence-corrected chi connectivity index (χ2v) is 9.13. The van der Waals surface area contributed by atoms with Gasteiger partial charge >= 0.3 is 6.18 Å². The highest BCUT2D eigenvalue weighted by atomic mass is 19.4. The van der Waals surface area contributed by atoms with E-state index in [1.807, 2.05) is 0 Å². The van der Waals surface area contributed by atoms with Crippen molar-refractivity contribution in [1.82, 2.24) is 15.3 Å². The number of carbonyl (C=O) groups is 1. The summed E-state index contributed by atoms with van der Waals surface area (Å²) >= 11 is 0. The van der Waals surface area contributed by atoms with Gasteiger partial charge in [-0.2, -0.15) is 13.2 Å². The number of carboxylic acid groups (broad SMARTS) is 1. The Morgan fingerprint density at radius 3 is 2.19 bits per heavy atom. The minimum atomic E-state index is -4.59. The predicted molar refractivity (Wildman–Crippen MR) is 114 cm³/mol. The van der Waals surface area contributed by atoms with Crippen LogP contribution in [0.15, 0.2) is 24.4 Å². The van der Waals surface area contributed by atoms with Gasteiger partial charge in [0.25, 0.3) is 6.47 Å². The Morgan fingerprint density at radius 1 is 1.16 bits per heavy atom. The number of anilines is 1. The molecule has 3 rings (SSSR count). The van der Waals surface area contributed by atoms with E-state index in [0.717, 1.165) is 25.0 Å². The van der Waals surface area contributed by atoms with Crippen molar-refractivity contribution in [1.29, 1.82) is 0 Å². The Kier molecular flexibility index (Phi) is 7.49. The van der Waals surface area contributed by atoms with Crippen molar-refractivity contribution >= 4 is 12.4 Å². The van der Waals surface area contributed by atoms with Crippen LogP contribution in [-0.4, -0.2) is 38.7 Å². The third-order valence-electron chi connectivity index (χ3n) is 5.09. The maximum absolute atomic E-state index is 14.3. The lowest BCUT2D eigenvalue weighted by atomic mass is 9.80. The van der Waals surface area contributed by atoms with Gasteiger partial charge < -0.3 is 15.7 Å². The van der Waals surface area contributed by atoms with E-state index in [0.29, 0.717) is 23.3 Å². The van der Waals surface area contributed by atoms with Crippen molar-refractivity contribution in [2.75, 3.05) is 5.32 Å². The molecular weight excluding hydrogens is 428 g/mol. The Hall–Kier alpha value is -2.75. The number of halogens is 4. The Balaban J connectivity index is 0.00000114. The molecule has 1 aliphatic heterocycles. The van der Waals surface area contributed by atoms with Gasteiger partial charge in [-0.3, -0.25) is 4.79 Å². The normalized spacial score (nSPS) is 17.8. The first-order valence-corrected chi connectivity index (χ1v) is 10.0. The minimum Gasteiger partial charge on any atom is -0.483 e. The molecule has 0 amide bonds. The number of nitrogens with one attached hydrogen (secondary N) is 2. The van der Waals surface area contributed by atoms with Crippen molar-refractivity contribution < 1.29 is 27.5 Å². The lowest BCUT2D eigenvalue weighted by Crippen LogP contribution is -2.60. The average molecular weight is 456 g/mol. The average Bonchev–Trinajstić information content (AvgIpc) is 2.59. The third kappa shape index (κ3) is 6.62. The van der Waals surface area contributed by atoms with E-state index >= 15 is 0 Å². The van der Waals surface area contributed by atoms with Crippen molar-refractivity contribution in [3.05, 3.63) is 41.5 Å². The summed E-state index contributed by atoms with van der Waals surface area (Å²) in [7, 11) is 0. The predicted octanol–water partition coefficient (Wildman–Crippen LogP) is 5.03. The second-order valence-electron chi connectivity index (χ2n) is 9.13. The molecule has 10 heteroatoms. The minimum absolute atomic E-state index is 0.0439. The summed E-state index contributed by atoms with van der Waals surface area (Å²) in [6.45, 7) is 10.0. The molecule has 0 unspecified atom stereocenters. The van der Waals surface area contributed by atoms with Crippen LogP contribution in [0.4, 0.5) is 23.5 Å². The zero-order chi connectivity index (χ0) is 24.3. The number of aryl methyl sites for hydroxylation is 1. The summed E-state index contributed by atoms with van der Waals surface area (Å²) in [6.07, 6.45) is -1.37. The first-order valence-electron chi connectivity index (χ1n) is 10.0. The molecule has 1 aliphatic rings. The fourth-order valence-corrected chi connectivity index (χ4v) is 4.32. The summed E-state index contributed by atoms with van der Waals surface area (Å²) in [5.74, 6) is -0.522. The van der Waals surface area contributed by atoms with Crippen LogP contribution in [0.5, 0.6) is 0 Å². The molecule has 2 heterocycles. The number of aromatic nitrogens is 2. The highest BCUT2D eigenvalue weighted by Gasteiger charge is 2.38.